The summed E-state index contributed by atoms with van der Waals surface area (Å²) in [7, 11) is 6.73. The first kappa shape index (κ1) is 30.1. The Morgan fingerprint density at radius 1 is 0.824 bits per heavy atom. The number of hydrogen-bond acceptors (Lipinski definition) is 2. The third kappa shape index (κ3) is 7.96. The summed E-state index contributed by atoms with van der Waals surface area (Å²) in [5.41, 5.74) is 1.74. The van der Waals surface area contributed by atoms with Crippen molar-refractivity contribution >= 4 is 0 Å². The Hall–Kier alpha value is -0.0800. The molecule has 2 heteroatoms. The summed E-state index contributed by atoms with van der Waals surface area (Å²) in [5.74, 6) is 2.57. The molecule has 6 atom stereocenters. The van der Waals surface area contributed by atoms with Crippen molar-refractivity contribution in [2.45, 2.75) is 138 Å². The van der Waals surface area contributed by atoms with Crippen molar-refractivity contribution in [3.8, 4) is 0 Å². The van der Waals surface area contributed by atoms with Crippen LogP contribution >= 0.6 is 0 Å². The number of rotatable bonds is 9. The zero-order chi connectivity index (χ0) is 25.8. The Kier molecular flexibility index (Phi) is 10.6. The zero-order valence-corrected chi connectivity index (χ0v) is 25.4. The third-order valence-corrected chi connectivity index (χ3v) is 10.6. The normalized spacial score (nSPS) is 37.2. The lowest BCUT2D eigenvalue weighted by molar-refractivity contribution is -0.0235. The van der Waals surface area contributed by atoms with Crippen molar-refractivity contribution in [2.75, 3.05) is 27.7 Å². The molecule has 202 valence electrons. The molecule has 0 aromatic rings. The fraction of sp³-hybridized carbons (Fsp3) is 1.00. The SMILES string of the molecule is CCCCC1(C)CC2CC(C)(C)CCC(C)(C(CC)CCN(C)C)CC2CC(C)(C)CC1NC. The molecule has 2 aliphatic carbocycles. The quantitative estimate of drug-likeness (QED) is 0.357. The number of hydrogen-bond donors (Lipinski definition) is 1. The van der Waals surface area contributed by atoms with Gasteiger partial charge < -0.3 is 10.2 Å². The molecule has 2 rings (SSSR count). The minimum Gasteiger partial charge on any atom is -0.316 e. The minimum absolute atomic E-state index is 0.403. The molecule has 0 aromatic carbocycles. The van der Waals surface area contributed by atoms with Gasteiger partial charge >= 0.3 is 0 Å². The highest BCUT2D eigenvalue weighted by Crippen LogP contribution is 2.57. The average Bonchev–Trinajstić information content (AvgIpc) is 2.72. The van der Waals surface area contributed by atoms with Crippen molar-refractivity contribution in [3.05, 3.63) is 0 Å². The summed E-state index contributed by atoms with van der Waals surface area (Å²) in [6.45, 7) is 21.8. The highest BCUT2D eigenvalue weighted by Gasteiger charge is 2.48. The molecule has 0 aliphatic heterocycles. The molecular formula is C32H64N2. The third-order valence-electron chi connectivity index (χ3n) is 10.6. The predicted octanol–water partition coefficient (Wildman–Crippen LogP) is 8.80. The molecule has 0 spiro atoms. The highest BCUT2D eigenvalue weighted by molar-refractivity contribution is 5.00. The Morgan fingerprint density at radius 3 is 2.00 bits per heavy atom. The summed E-state index contributed by atoms with van der Waals surface area (Å²) >= 11 is 0. The van der Waals surface area contributed by atoms with E-state index in [1.54, 1.807) is 0 Å². The van der Waals surface area contributed by atoms with Gasteiger partial charge in [-0.2, -0.15) is 0 Å². The van der Waals surface area contributed by atoms with Crippen molar-refractivity contribution < 1.29 is 0 Å². The number of fused-ring (bicyclic) bond motifs is 1. The van der Waals surface area contributed by atoms with Gasteiger partial charge in [-0.15, -0.1) is 0 Å². The molecule has 0 amide bonds. The van der Waals surface area contributed by atoms with E-state index in [1.807, 2.05) is 0 Å². The van der Waals surface area contributed by atoms with Crippen LogP contribution in [0.15, 0.2) is 0 Å². The zero-order valence-electron chi connectivity index (χ0n) is 25.4. The lowest BCUT2D eigenvalue weighted by Crippen LogP contribution is -2.50. The van der Waals surface area contributed by atoms with Crippen molar-refractivity contribution in [2.24, 2.45) is 39.4 Å². The van der Waals surface area contributed by atoms with Crippen molar-refractivity contribution in [1.29, 1.82) is 0 Å². The molecule has 0 aromatic heterocycles. The Labute approximate surface area is 215 Å². The molecule has 1 N–H and O–H groups in total. The van der Waals surface area contributed by atoms with Crippen LogP contribution in [-0.4, -0.2) is 38.6 Å². The van der Waals surface area contributed by atoms with Gasteiger partial charge in [-0.1, -0.05) is 74.7 Å². The fourth-order valence-electron chi connectivity index (χ4n) is 8.42. The first-order chi connectivity index (χ1) is 15.7. The van der Waals surface area contributed by atoms with Crippen LogP contribution in [0.2, 0.25) is 0 Å². The second-order valence-corrected chi connectivity index (χ2v) is 15.3. The Morgan fingerprint density at radius 2 is 1.44 bits per heavy atom. The summed E-state index contributed by atoms with van der Waals surface area (Å²) in [6, 6.07) is 0.637. The molecule has 0 radical (unpaired) electrons. The van der Waals surface area contributed by atoms with E-state index in [0.717, 1.165) is 17.8 Å². The van der Waals surface area contributed by atoms with Gasteiger partial charge in [-0.3, -0.25) is 0 Å². The molecule has 0 saturated heterocycles. The largest absolute Gasteiger partial charge is 0.316 e. The second-order valence-electron chi connectivity index (χ2n) is 15.3. The van der Waals surface area contributed by atoms with Gasteiger partial charge in [0.2, 0.25) is 0 Å². The first-order valence-corrected chi connectivity index (χ1v) is 15.0. The van der Waals surface area contributed by atoms with Gasteiger partial charge in [0.25, 0.3) is 0 Å². The Balaban J connectivity index is 2.47. The first-order valence-electron chi connectivity index (χ1n) is 15.0. The summed E-state index contributed by atoms with van der Waals surface area (Å²) < 4.78 is 0. The van der Waals surface area contributed by atoms with E-state index in [1.165, 1.54) is 83.6 Å². The van der Waals surface area contributed by atoms with Gasteiger partial charge in [0.1, 0.15) is 0 Å². The lowest BCUT2D eigenvalue weighted by Gasteiger charge is -2.54. The van der Waals surface area contributed by atoms with Crippen LogP contribution in [0.3, 0.4) is 0 Å². The van der Waals surface area contributed by atoms with Gasteiger partial charge in [0.05, 0.1) is 0 Å². The highest BCUT2D eigenvalue weighted by atomic mass is 15.0. The lowest BCUT2D eigenvalue weighted by atomic mass is 9.53. The number of nitrogens with zero attached hydrogens (tertiary/aromatic N) is 1. The summed E-state index contributed by atoms with van der Waals surface area (Å²) in [4.78, 5) is 2.40. The van der Waals surface area contributed by atoms with E-state index in [2.05, 4.69) is 86.7 Å². The monoisotopic (exact) mass is 477 g/mol. The molecule has 2 nitrogen and oxygen atoms in total. The maximum Gasteiger partial charge on any atom is 0.0123 e. The van der Waals surface area contributed by atoms with E-state index in [0.29, 0.717) is 27.7 Å². The molecule has 0 bridgehead atoms. The fourth-order valence-corrected chi connectivity index (χ4v) is 8.42. The maximum absolute atomic E-state index is 3.84. The van der Waals surface area contributed by atoms with Crippen LogP contribution in [0, 0.1) is 39.4 Å². The van der Waals surface area contributed by atoms with Crippen LogP contribution in [0.4, 0.5) is 0 Å². The van der Waals surface area contributed by atoms with Crippen LogP contribution < -0.4 is 5.32 Å². The molecule has 34 heavy (non-hydrogen) atoms. The van der Waals surface area contributed by atoms with E-state index in [4.69, 9.17) is 0 Å². The molecular weight excluding hydrogens is 412 g/mol. The maximum atomic E-state index is 3.84. The van der Waals surface area contributed by atoms with E-state index < -0.39 is 0 Å². The van der Waals surface area contributed by atoms with Gasteiger partial charge in [0, 0.05) is 6.04 Å². The van der Waals surface area contributed by atoms with Crippen LogP contribution in [-0.2, 0) is 0 Å². The van der Waals surface area contributed by atoms with Crippen molar-refractivity contribution in [1.82, 2.24) is 10.2 Å². The van der Waals surface area contributed by atoms with E-state index in [-0.39, 0.29) is 0 Å². The van der Waals surface area contributed by atoms with Gasteiger partial charge in [-0.05, 0) is 125 Å². The molecule has 6 unspecified atom stereocenters. The molecule has 2 fully saturated rings. The Bertz CT molecular complexity index is 608. The second kappa shape index (κ2) is 12.0. The summed E-state index contributed by atoms with van der Waals surface area (Å²) in [6.07, 6.45) is 16.6. The standard InChI is InChI=1S/C32H64N2/c1-12-14-16-32(8)23-25-20-29(3,4)17-18-31(7,27(13-2)15-19-34(10)11)22-26(25)21-30(5,6)24-28(32)33-9/h25-28,33H,12-24H2,1-11H3. The van der Waals surface area contributed by atoms with Gasteiger partial charge in [0.15, 0.2) is 0 Å². The summed E-state index contributed by atoms with van der Waals surface area (Å²) in [5, 5.41) is 3.84. The smallest absolute Gasteiger partial charge is 0.0123 e. The van der Waals surface area contributed by atoms with Crippen LogP contribution in [0.1, 0.15) is 132 Å². The molecule has 2 aliphatic rings. The van der Waals surface area contributed by atoms with Crippen LogP contribution in [0.5, 0.6) is 0 Å². The predicted molar refractivity (Wildman–Crippen MR) is 152 cm³/mol. The number of unbranched alkanes of at least 4 members (excludes halogenated alkanes) is 1. The van der Waals surface area contributed by atoms with E-state index >= 15 is 0 Å². The van der Waals surface area contributed by atoms with Crippen molar-refractivity contribution in [3.63, 3.8) is 0 Å². The molecule has 0 heterocycles. The van der Waals surface area contributed by atoms with E-state index in [9.17, 15) is 0 Å². The van der Waals surface area contributed by atoms with Gasteiger partial charge in [-0.25, -0.2) is 0 Å². The molecule has 2 saturated carbocycles. The van der Waals surface area contributed by atoms with Crippen LogP contribution in [0.25, 0.3) is 0 Å². The topological polar surface area (TPSA) is 15.3 Å². The minimum atomic E-state index is 0.403. The number of nitrogens with one attached hydrogen (secondary N) is 1. The average molecular weight is 477 g/mol.